The molecule has 0 radical (unpaired) electrons. The molecule has 202 valence electrons. The van der Waals surface area contributed by atoms with Gasteiger partial charge < -0.3 is 20.1 Å². The maximum Gasteiger partial charge on any atom is 0.271 e. The van der Waals surface area contributed by atoms with Gasteiger partial charge in [-0.15, -0.1) is 0 Å². The molecule has 1 aliphatic carbocycles. The van der Waals surface area contributed by atoms with Crippen molar-refractivity contribution in [3.8, 4) is 11.3 Å². The predicted octanol–water partition coefficient (Wildman–Crippen LogP) is 5.80. The number of hydrogen-bond acceptors (Lipinski definition) is 3. The Morgan fingerprint density at radius 3 is 2.29 bits per heavy atom. The van der Waals surface area contributed by atoms with Crippen LogP contribution in [0.25, 0.3) is 11.3 Å². The first-order valence-corrected chi connectivity index (χ1v) is 13.8. The molecule has 1 atom stereocenters. The molecule has 2 aromatic carbocycles. The van der Waals surface area contributed by atoms with E-state index in [1.54, 1.807) is 23.1 Å². The van der Waals surface area contributed by atoms with E-state index in [1.165, 1.54) is 12.1 Å². The maximum atomic E-state index is 14.1. The van der Waals surface area contributed by atoms with E-state index in [9.17, 15) is 14.0 Å². The summed E-state index contributed by atoms with van der Waals surface area (Å²) in [5, 5.41) is 3.18. The van der Waals surface area contributed by atoms with Gasteiger partial charge in [-0.2, -0.15) is 0 Å². The zero-order valence-electron chi connectivity index (χ0n) is 22.5. The predicted molar refractivity (Wildman–Crippen MR) is 149 cm³/mol. The van der Waals surface area contributed by atoms with E-state index in [0.29, 0.717) is 24.2 Å². The van der Waals surface area contributed by atoms with Gasteiger partial charge in [0.25, 0.3) is 5.91 Å². The summed E-state index contributed by atoms with van der Waals surface area (Å²) in [5.41, 5.74) is 2.85. The lowest BCUT2D eigenvalue weighted by Crippen LogP contribution is -2.47. The number of aromatic amines is 1. The monoisotopic (exact) mass is 518 g/mol. The number of hydrogen-bond donors (Lipinski definition) is 2. The van der Waals surface area contributed by atoms with Crippen molar-refractivity contribution < 1.29 is 14.0 Å². The lowest BCUT2D eigenvalue weighted by molar-refractivity contribution is -0.126. The molecular weight excluding hydrogens is 479 g/mol. The summed E-state index contributed by atoms with van der Waals surface area (Å²) in [6.45, 7) is 7.29. The van der Waals surface area contributed by atoms with E-state index in [1.807, 2.05) is 36.4 Å². The lowest BCUT2D eigenvalue weighted by atomic mass is 10.0. The Kier molecular flexibility index (Phi) is 9.71. The zero-order valence-corrected chi connectivity index (χ0v) is 22.5. The van der Waals surface area contributed by atoms with Crippen molar-refractivity contribution in [1.82, 2.24) is 20.1 Å². The van der Waals surface area contributed by atoms with Gasteiger partial charge in [0.15, 0.2) is 0 Å². The standard InChI is InChI=1S/C31H39FN4O2/c1-3-35(4-2)21-10-22-36(31(38)28-20-19-27(34-28)23-11-6-5-7-12-23)29(24-15-17-25(32)18-16-24)30(37)33-26-13-8-9-14-26/h5-7,11-12,15-20,26,29,34H,3-4,8-10,13-14,21-22H2,1-2H3,(H,33,37)/t29-/m1/s1. The SMILES string of the molecule is CCN(CC)CCCN(C(=O)c1ccc(-c2ccccc2)[nH]1)[C@@H](C(=O)NC1CCCC1)c1ccc(F)cc1. The Labute approximate surface area is 225 Å². The van der Waals surface area contributed by atoms with Gasteiger partial charge in [0, 0.05) is 18.3 Å². The van der Waals surface area contributed by atoms with Crippen LogP contribution in [-0.2, 0) is 4.79 Å². The molecule has 0 bridgehead atoms. The number of benzene rings is 2. The maximum absolute atomic E-state index is 14.1. The van der Waals surface area contributed by atoms with Crippen LogP contribution in [0.2, 0.25) is 0 Å². The Balaban J connectivity index is 1.66. The quantitative estimate of drug-likeness (QED) is 0.319. The molecule has 0 spiro atoms. The van der Waals surface area contributed by atoms with Gasteiger partial charge in [-0.25, -0.2) is 4.39 Å². The highest BCUT2D eigenvalue weighted by Crippen LogP contribution is 2.27. The van der Waals surface area contributed by atoms with Crippen LogP contribution < -0.4 is 5.32 Å². The van der Waals surface area contributed by atoms with Gasteiger partial charge in [0.1, 0.15) is 17.6 Å². The third kappa shape index (κ3) is 6.90. The van der Waals surface area contributed by atoms with Crippen molar-refractivity contribution in [2.24, 2.45) is 0 Å². The van der Waals surface area contributed by atoms with Crippen LogP contribution in [0.1, 0.15) is 68.0 Å². The molecule has 2 amide bonds. The molecule has 1 aliphatic rings. The molecule has 3 aromatic rings. The molecule has 6 nitrogen and oxygen atoms in total. The number of nitrogens with one attached hydrogen (secondary N) is 2. The van der Waals surface area contributed by atoms with Gasteiger partial charge in [0.05, 0.1) is 0 Å². The summed E-state index contributed by atoms with van der Waals surface area (Å²) in [4.78, 5) is 35.1. The molecule has 2 N–H and O–H groups in total. The Morgan fingerprint density at radius 2 is 1.63 bits per heavy atom. The second-order valence-electron chi connectivity index (χ2n) is 9.97. The average Bonchev–Trinajstić information content (AvgIpc) is 3.64. The van der Waals surface area contributed by atoms with Crippen LogP contribution in [-0.4, -0.2) is 58.8 Å². The summed E-state index contributed by atoms with van der Waals surface area (Å²) >= 11 is 0. The van der Waals surface area contributed by atoms with E-state index < -0.39 is 6.04 Å². The number of carbonyl (C=O) groups excluding carboxylic acids is 2. The average molecular weight is 519 g/mol. The van der Waals surface area contributed by atoms with Crippen LogP contribution in [0.5, 0.6) is 0 Å². The number of amides is 2. The minimum atomic E-state index is -0.858. The number of aromatic nitrogens is 1. The molecule has 0 saturated heterocycles. The number of rotatable bonds is 12. The molecule has 0 unspecified atom stereocenters. The molecule has 4 rings (SSSR count). The molecule has 1 aromatic heterocycles. The summed E-state index contributed by atoms with van der Waals surface area (Å²) in [7, 11) is 0. The number of nitrogens with zero attached hydrogens (tertiary/aromatic N) is 2. The third-order valence-corrected chi connectivity index (χ3v) is 7.48. The molecule has 0 aliphatic heterocycles. The smallest absolute Gasteiger partial charge is 0.271 e. The van der Waals surface area contributed by atoms with E-state index in [2.05, 4.69) is 29.0 Å². The van der Waals surface area contributed by atoms with Crippen molar-refractivity contribution in [2.75, 3.05) is 26.2 Å². The van der Waals surface area contributed by atoms with Crippen molar-refractivity contribution in [2.45, 2.75) is 58.0 Å². The van der Waals surface area contributed by atoms with Gasteiger partial charge in [-0.1, -0.05) is 69.2 Å². The molecule has 1 fully saturated rings. The minimum absolute atomic E-state index is 0.105. The van der Waals surface area contributed by atoms with Gasteiger partial charge in [0.2, 0.25) is 5.91 Å². The first-order valence-electron chi connectivity index (χ1n) is 13.8. The fraction of sp³-hybridized carbons (Fsp3) is 0.419. The van der Waals surface area contributed by atoms with Crippen molar-refractivity contribution in [3.63, 3.8) is 0 Å². The van der Waals surface area contributed by atoms with Crippen molar-refractivity contribution in [3.05, 3.63) is 83.8 Å². The molecular formula is C31H39FN4O2. The minimum Gasteiger partial charge on any atom is -0.351 e. The number of halogens is 1. The zero-order chi connectivity index (χ0) is 26.9. The second kappa shape index (κ2) is 13.4. The lowest BCUT2D eigenvalue weighted by Gasteiger charge is -2.32. The van der Waals surface area contributed by atoms with Crippen LogP contribution in [0.15, 0.2) is 66.7 Å². The summed E-state index contributed by atoms with van der Waals surface area (Å²) in [6.07, 6.45) is 4.77. The number of H-pyrrole nitrogens is 1. The molecule has 1 saturated carbocycles. The Morgan fingerprint density at radius 1 is 0.947 bits per heavy atom. The van der Waals surface area contributed by atoms with E-state index >= 15 is 0 Å². The highest BCUT2D eigenvalue weighted by Gasteiger charge is 2.34. The summed E-state index contributed by atoms with van der Waals surface area (Å²) in [5.74, 6) is -0.836. The van der Waals surface area contributed by atoms with E-state index in [-0.39, 0.29) is 23.7 Å². The normalized spacial score (nSPS) is 14.5. The Hall–Kier alpha value is -3.45. The third-order valence-electron chi connectivity index (χ3n) is 7.48. The first-order chi connectivity index (χ1) is 18.5. The van der Waals surface area contributed by atoms with Gasteiger partial charge >= 0.3 is 0 Å². The van der Waals surface area contributed by atoms with Crippen LogP contribution in [0, 0.1) is 5.82 Å². The topological polar surface area (TPSA) is 68.4 Å². The molecule has 38 heavy (non-hydrogen) atoms. The van der Waals surface area contributed by atoms with Gasteiger partial charge in [-0.05, 0) is 74.3 Å². The molecule has 1 heterocycles. The fourth-order valence-corrected chi connectivity index (χ4v) is 5.28. The van der Waals surface area contributed by atoms with Crippen molar-refractivity contribution in [1.29, 1.82) is 0 Å². The second-order valence-corrected chi connectivity index (χ2v) is 9.97. The van der Waals surface area contributed by atoms with Gasteiger partial charge in [-0.3, -0.25) is 9.59 Å². The highest BCUT2D eigenvalue weighted by molar-refractivity contribution is 5.97. The first kappa shape index (κ1) is 27.6. The molecule has 7 heteroatoms. The largest absolute Gasteiger partial charge is 0.351 e. The summed E-state index contributed by atoms with van der Waals surface area (Å²) in [6, 6.07) is 18.7. The van der Waals surface area contributed by atoms with Crippen LogP contribution in [0.4, 0.5) is 4.39 Å². The van der Waals surface area contributed by atoms with E-state index in [4.69, 9.17) is 0 Å². The summed E-state index contributed by atoms with van der Waals surface area (Å²) < 4.78 is 13.8. The van der Waals surface area contributed by atoms with E-state index in [0.717, 1.165) is 56.6 Å². The fourth-order valence-electron chi connectivity index (χ4n) is 5.28. The van der Waals surface area contributed by atoms with Crippen LogP contribution >= 0.6 is 0 Å². The number of carbonyl (C=O) groups is 2. The van der Waals surface area contributed by atoms with Crippen LogP contribution in [0.3, 0.4) is 0 Å². The van der Waals surface area contributed by atoms with Crippen molar-refractivity contribution >= 4 is 11.8 Å². The Bertz CT molecular complexity index is 1170. The highest BCUT2D eigenvalue weighted by atomic mass is 19.1.